The second-order valence-corrected chi connectivity index (χ2v) is 6.53. The number of carbonyl (C=O) groups excluding carboxylic acids is 1. The third kappa shape index (κ3) is 3.27. The number of hydrogen-bond acceptors (Lipinski definition) is 4. The number of pyridine rings is 2. The van der Waals surface area contributed by atoms with Crippen LogP contribution >= 0.6 is 11.3 Å². The number of benzene rings is 1. The van der Waals surface area contributed by atoms with Crippen molar-refractivity contribution in [3.8, 4) is 11.3 Å². The molecule has 0 saturated carbocycles. The van der Waals surface area contributed by atoms with Gasteiger partial charge in [0.15, 0.2) is 0 Å². The molecule has 0 aliphatic carbocycles. The minimum atomic E-state index is -0.118. The summed E-state index contributed by atoms with van der Waals surface area (Å²) in [6.45, 7) is 0.450. The van der Waals surface area contributed by atoms with E-state index in [2.05, 4.69) is 32.8 Å². The smallest absolute Gasteiger partial charge is 0.251 e. The van der Waals surface area contributed by atoms with Crippen molar-refractivity contribution in [1.82, 2.24) is 15.3 Å². The summed E-state index contributed by atoms with van der Waals surface area (Å²) in [7, 11) is 0. The van der Waals surface area contributed by atoms with Gasteiger partial charge in [-0.25, -0.2) is 0 Å². The van der Waals surface area contributed by atoms with Crippen molar-refractivity contribution < 1.29 is 4.79 Å². The lowest BCUT2D eigenvalue weighted by atomic mass is 10.1. The van der Waals surface area contributed by atoms with E-state index in [1.54, 1.807) is 36.0 Å². The van der Waals surface area contributed by atoms with E-state index in [9.17, 15) is 4.79 Å². The molecule has 3 aromatic heterocycles. The summed E-state index contributed by atoms with van der Waals surface area (Å²) in [5.74, 6) is -0.118. The van der Waals surface area contributed by atoms with Crippen LogP contribution in [-0.2, 0) is 6.54 Å². The van der Waals surface area contributed by atoms with E-state index in [-0.39, 0.29) is 5.91 Å². The van der Waals surface area contributed by atoms with Gasteiger partial charge in [0.1, 0.15) is 0 Å². The number of nitrogens with zero attached hydrogens (tertiary/aromatic N) is 2. The fourth-order valence-electron chi connectivity index (χ4n) is 2.68. The van der Waals surface area contributed by atoms with E-state index < -0.39 is 0 Å². The van der Waals surface area contributed by atoms with Crippen molar-refractivity contribution in [3.63, 3.8) is 0 Å². The monoisotopic (exact) mass is 345 g/mol. The Morgan fingerprint density at radius 3 is 2.88 bits per heavy atom. The number of nitrogens with one attached hydrogen (secondary N) is 1. The first-order valence-corrected chi connectivity index (χ1v) is 8.79. The highest BCUT2D eigenvalue weighted by atomic mass is 32.1. The van der Waals surface area contributed by atoms with Crippen molar-refractivity contribution >= 4 is 27.3 Å². The Kier molecular flexibility index (Phi) is 4.23. The molecule has 1 amide bonds. The molecule has 122 valence electrons. The van der Waals surface area contributed by atoms with Crippen LogP contribution in [0.25, 0.3) is 21.3 Å². The van der Waals surface area contributed by atoms with Crippen molar-refractivity contribution in [2.75, 3.05) is 0 Å². The molecule has 0 fully saturated rings. The summed E-state index contributed by atoms with van der Waals surface area (Å²) in [5, 5.41) is 6.17. The lowest BCUT2D eigenvalue weighted by molar-refractivity contribution is 0.0951. The van der Waals surface area contributed by atoms with Crippen LogP contribution in [0.1, 0.15) is 15.9 Å². The number of aromatic nitrogens is 2. The molecule has 25 heavy (non-hydrogen) atoms. The largest absolute Gasteiger partial charge is 0.348 e. The molecule has 0 atom stereocenters. The average molecular weight is 345 g/mol. The van der Waals surface area contributed by atoms with Gasteiger partial charge in [0, 0.05) is 51.7 Å². The minimum Gasteiger partial charge on any atom is -0.348 e. The lowest BCUT2D eigenvalue weighted by Crippen LogP contribution is -2.22. The zero-order valence-corrected chi connectivity index (χ0v) is 14.2. The summed E-state index contributed by atoms with van der Waals surface area (Å²) >= 11 is 1.68. The zero-order chi connectivity index (χ0) is 17.1. The fourth-order valence-corrected chi connectivity index (χ4v) is 3.64. The predicted octanol–water partition coefficient (Wildman–Crippen LogP) is 4.29. The fraction of sp³-hybridized carbons (Fsp3) is 0.0500. The van der Waals surface area contributed by atoms with Crippen LogP contribution in [0.5, 0.6) is 0 Å². The Morgan fingerprint density at radius 1 is 1.08 bits per heavy atom. The maximum atomic E-state index is 12.4. The van der Waals surface area contributed by atoms with E-state index >= 15 is 0 Å². The molecule has 0 aliphatic rings. The van der Waals surface area contributed by atoms with E-state index in [4.69, 9.17) is 0 Å². The predicted molar refractivity (Wildman–Crippen MR) is 100 cm³/mol. The molecule has 0 radical (unpaired) electrons. The standard InChI is InChI=1S/C20H15N3OS/c24-20(23-12-14-4-3-8-21-11-14)15-7-9-22-18(10-15)17-13-25-19-6-2-1-5-16(17)19/h1-11,13H,12H2,(H,23,24). The highest BCUT2D eigenvalue weighted by Crippen LogP contribution is 2.32. The molecule has 1 N–H and O–H groups in total. The molecule has 4 nitrogen and oxygen atoms in total. The Labute approximate surface area is 149 Å². The molecular weight excluding hydrogens is 330 g/mol. The zero-order valence-electron chi connectivity index (χ0n) is 13.3. The van der Waals surface area contributed by atoms with Crippen LogP contribution in [0.3, 0.4) is 0 Å². The molecule has 0 saturated heterocycles. The van der Waals surface area contributed by atoms with E-state index in [1.807, 2.05) is 30.3 Å². The number of thiophene rings is 1. The SMILES string of the molecule is O=C(NCc1cccnc1)c1ccnc(-c2csc3ccccc23)c1. The normalized spacial score (nSPS) is 10.7. The number of rotatable bonds is 4. The number of fused-ring (bicyclic) bond motifs is 1. The first kappa shape index (κ1) is 15.5. The number of amides is 1. The van der Waals surface area contributed by atoms with Crippen LogP contribution < -0.4 is 5.32 Å². The molecule has 1 aromatic carbocycles. The molecule has 3 heterocycles. The molecule has 0 bridgehead atoms. The van der Waals surface area contributed by atoms with Gasteiger partial charge in [-0.3, -0.25) is 14.8 Å². The lowest BCUT2D eigenvalue weighted by Gasteiger charge is -2.06. The van der Waals surface area contributed by atoms with Crippen molar-refractivity contribution in [2.45, 2.75) is 6.54 Å². The number of carbonyl (C=O) groups is 1. The molecule has 0 aliphatic heterocycles. The molecule has 4 rings (SSSR count). The third-order valence-electron chi connectivity index (χ3n) is 3.95. The second-order valence-electron chi connectivity index (χ2n) is 5.62. The Morgan fingerprint density at radius 2 is 2.00 bits per heavy atom. The van der Waals surface area contributed by atoms with Gasteiger partial charge in [0.25, 0.3) is 5.91 Å². The summed E-state index contributed by atoms with van der Waals surface area (Å²) < 4.78 is 1.21. The third-order valence-corrected chi connectivity index (χ3v) is 4.92. The second kappa shape index (κ2) is 6.83. The van der Waals surface area contributed by atoms with Crippen LogP contribution in [0.2, 0.25) is 0 Å². The Balaban J connectivity index is 1.58. The van der Waals surface area contributed by atoms with Gasteiger partial charge >= 0.3 is 0 Å². The van der Waals surface area contributed by atoms with Gasteiger partial charge in [-0.05, 0) is 29.8 Å². The van der Waals surface area contributed by atoms with E-state index in [1.165, 1.54) is 4.70 Å². The summed E-state index contributed by atoms with van der Waals surface area (Å²) in [4.78, 5) is 20.9. The topological polar surface area (TPSA) is 54.9 Å². The Hall–Kier alpha value is -3.05. The van der Waals surface area contributed by atoms with Crippen molar-refractivity contribution in [2.24, 2.45) is 0 Å². The van der Waals surface area contributed by atoms with Crippen LogP contribution in [0.4, 0.5) is 0 Å². The molecule has 0 unspecified atom stereocenters. The summed E-state index contributed by atoms with van der Waals surface area (Å²) in [6.07, 6.45) is 5.14. The first-order chi connectivity index (χ1) is 12.3. The van der Waals surface area contributed by atoms with E-state index in [0.717, 1.165) is 22.2 Å². The summed E-state index contributed by atoms with van der Waals surface area (Å²) in [5.41, 5.74) is 3.44. The molecule has 5 heteroatoms. The van der Waals surface area contributed by atoms with Gasteiger partial charge in [0.2, 0.25) is 0 Å². The molecule has 4 aromatic rings. The number of hydrogen-bond donors (Lipinski definition) is 1. The highest BCUT2D eigenvalue weighted by Gasteiger charge is 2.11. The van der Waals surface area contributed by atoms with E-state index in [0.29, 0.717) is 12.1 Å². The van der Waals surface area contributed by atoms with Crippen LogP contribution in [0, 0.1) is 0 Å². The van der Waals surface area contributed by atoms with Gasteiger partial charge in [-0.15, -0.1) is 11.3 Å². The van der Waals surface area contributed by atoms with Crippen LogP contribution in [0.15, 0.2) is 72.5 Å². The quantitative estimate of drug-likeness (QED) is 0.600. The van der Waals surface area contributed by atoms with Gasteiger partial charge in [-0.2, -0.15) is 0 Å². The first-order valence-electron chi connectivity index (χ1n) is 7.91. The summed E-state index contributed by atoms with van der Waals surface area (Å²) in [6, 6.07) is 15.6. The molecular formula is C20H15N3OS. The van der Waals surface area contributed by atoms with Gasteiger partial charge in [-0.1, -0.05) is 24.3 Å². The Bertz CT molecular complexity index is 1030. The van der Waals surface area contributed by atoms with Crippen LogP contribution in [-0.4, -0.2) is 15.9 Å². The minimum absolute atomic E-state index is 0.118. The molecule has 0 spiro atoms. The average Bonchev–Trinajstić information content (AvgIpc) is 3.11. The maximum Gasteiger partial charge on any atom is 0.251 e. The van der Waals surface area contributed by atoms with Gasteiger partial charge in [0.05, 0.1) is 5.69 Å². The van der Waals surface area contributed by atoms with Crippen molar-refractivity contribution in [3.05, 3.63) is 83.6 Å². The van der Waals surface area contributed by atoms with Crippen molar-refractivity contribution in [1.29, 1.82) is 0 Å². The highest BCUT2D eigenvalue weighted by molar-refractivity contribution is 7.17. The van der Waals surface area contributed by atoms with Gasteiger partial charge < -0.3 is 5.32 Å². The maximum absolute atomic E-state index is 12.4.